The number of carbonyl (C=O) groups excluding carboxylic acids is 3. The smallest absolute Gasteiger partial charge is 0.302 e. The molecule has 6 N–H and O–H groups in total. The van der Waals surface area contributed by atoms with Gasteiger partial charge in [0.15, 0.2) is 6.29 Å². The topological polar surface area (TPSA) is 200 Å². The van der Waals surface area contributed by atoms with Crippen molar-refractivity contribution in [2.24, 2.45) is 46.3 Å². The van der Waals surface area contributed by atoms with Gasteiger partial charge in [0, 0.05) is 31.6 Å². The summed E-state index contributed by atoms with van der Waals surface area (Å²) in [6, 6.07) is 0. The van der Waals surface area contributed by atoms with E-state index in [1.54, 1.807) is 27.7 Å². The highest BCUT2D eigenvalue weighted by Crippen LogP contribution is 2.67. The molecule has 0 radical (unpaired) electrons. The van der Waals surface area contributed by atoms with Gasteiger partial charge in [-0.2, -0.15) is 0 Å². The number of fused-ring (bicyclic) bond motifs is 5. The molecule has 0 spiro atoms. The van der Waals surface area contributed by atoms with Crippen LogP contribution in [0, 0.1) is 46.3 Å². The zero-order valence-electron chi connectivity index (χ0n) is 30.2. The van der Waals surface area contributed by atoms with Crippen LogP contribution in [0.25, 0.3) is 0 Å². The summed E-state index contributed by atoms with van der Waals surface area (Å²) in [6.45, 7) is 11.8. The largest absolute Gasteiger partial charge is 0.462 e. The molecule has 0 bridgehead atoms. The number of aliphatic hydroxyl groups is 6. The van der Waals surface area contributed by atoms with Crippen LogP contribution in [0.5, 0.6) is 0 Å². The maximum absolute atomic E-state index is 14.0. The second kappa shape index (κ2) is 13.8. The second-order valence-electron chi connectivity index (χ2n) is 17.5. The summed E-state index contributed by atoms with van der Waals surface area (Å²) in [5.41, 5.74) is -3.35. The standard InChI is InChI=1S/C37H60O12/c1-18(47-19(2)39)22(34(3,4)45)10-13-37(7,46)32-27(41)16-24-21-15-26(40)25-14-20(8-11-35(25,5)23(21)9-12-36(24,32)6)48-33-31(44)30(43)29(42)28(17-38)49-33/h18,20-25,28-33,38,42-46H,8-17H2,1-7H3/t18?,20-,21+,22-,23-,24-,25?,28+,29+,30-,31+,32-,33+,35+,36-,37-/m0/s1. The maximum Gasteiger partial charge on any atom is 0.302 e. The molecule has 5 rings (SSSR count). The Bertz CT molecular complexity index is 1240. The minimum absolute atomic E-state index is 0.00766. The van der Waals surface area contributed by atoms with Crippen molar-refractivity contribution in [2.45, 2.75) is 160 Å². The summed E-state index contributed by atoms with van der Waals surface area (Å²) in [5.74, 6) is -1.49. The van der Waals surface area contributed by atoms with Gasteiger partial charge in [-0.1, -0.05) is 13.8 Å². The lowest BCUT2D eigenvalue weighted by Gasteiger charge is -2.60. The average Bonchev–Trinajstić information content (AvgIpc) is 3.27. The lowest BCUT2D eigenvalue weighted by Crippen LogP contribution is -2.61. The van der Waals surface area contributed by atoms with Crippen LogP contribution in [0.15, 0.2) is 0 Å². The van der Waals surface area contributed by atoms with Gasteiger partial charge in [0.25, 0.3) is 0 Å². The second-order valence-corrected chi connectivity index (χ2v) is 17.5. The molecular formula is C37H60O12. The van der Waals surface area contributed by atoms with Gasteiger partial charge in [0.1, 0.15) is 42.1 Å². The SMILES string of the molecule is CC(=O)OC(C)[C@H](CC[C@](C)(O)[C@H]1C(=O)C[C@H]2[C@@H]3CC(=O)C4C[C@@H](O[C@@H]5O[C@H](CO)[C@@H](O)[C@H](O)[C@H]5O)CC[C@]4(C)[C@H]3CC[C@@]21C)C(C)(C)O. The lowest BCUT2D eigenvalue weighted by molar-refractivity contribution is -0.315. The van der Waals surface area contributed by atoms with Crippen LogP contribution in [0.3, 0.4) is 0 Å². The molecule has 12 nitrogen and oxygen atoms in total. The molecule has 0 amide bonds. The van der Waals surface area contributed by atoms with Crippen LogP contribution in [-0.2, 0) is 28.6 Å². The molecule has 49 heavy (non-hydrogen) atoms. The molecular weight excluding hydrogens is 636 g/mol. The summed E-state index contributed by atoms with van der Waals surface area (Å²) >= 11 is 0. The molecule has 4 saturated carbocycles. The molecule has 16 atom stereocenters. The van der Waals surface area contributed by atoms with Crippen molar-refractivity contribution in [3.05, 3.63) is 0 Å². The Morgan fingerprint density at radius 2 is 1.61 bits per heavy atom. The monoisotopic (exact) mass is 696 g/mol. The number of Topliss-reactive ketones (excluding diaryl/α,β-unsaturated/α-hetero) is 2. The molecule has 1 aliphatic heterocycles. The van der Waals surface area contributed by atoms with Gasteiger partial charge in [-0.05, 0) is 101 Å². The van der Waals surface area contributed by atoms with E-state index in [1.807, 2.05) is 0 Å². The van der Waals surface area contributed by atoms with E-state index in [9.17, 15) is 45.0 Å². The third-order valence-electron chi connectivity index (χ3n) is 13.8. The summed E-state index contributed by atoms with van der Waals surface area (Å²) in [6.07, 6.45) is -3.27. The Labute approximate surface area is 289 Å². The molecule has 0 aromatic carbocycles. The van der Waals surface area contributed by atoms with Crippen molar-refractivity contribution in [1.82, 2.24) is 0 Å². The third-order valence-corrected chi connectivity index (χ3v) is 13.8. The summed E-state index contributed by atoms with van der Waals surface area (Å²) < 4.78 is 17.1. The first-order chi connectivity index (χ1) is 22.7. The quantitative estimate of drug-likeness (QED) is 0.144. The van der Waals surface area contributed by atoms with E-state index in [4.69, 9.17) is 14.2 Å². The van der Waals surface area contributed by atoms with Gasteiger partial charge < -0.3 is 44.8 Å². The first-order valence-electron chi connectivity index (χ1n) is 18.3. The van der Waals surface area contributed by atoms with Gasteiger partial charge >= 0.3 is 5.97 Å². The summed E-state index contributed by atoms with van der Waals surface area (Å²) in [4.78, 5) is 39.6. The van der Waals surface area contributed by atoms with Gasteiger partial charge in [-0.15, -0.1) is 0 Å². The predicted molar refractivity (Wildman–Crippen MR) is 176 cm³/mol. The molecule has 1 heterocycles. The van der Waals surface area contributed by atoms with Crippen molar-refractivity contribution in [3.8, 4) is 0 Å². The Kier molecular flexibility index (Phi) is 10.9. The van der Waals surface area contributed by atoms with Gasteiger partial charge in [0.2, 0.25) is 0 Å². The van der Waals surface area contributed by atoms with Crippen molar-refractivity contribution in [1.29, 1.82) is 0 Å². The fourth-order valence-electron chi connectivity index (χ4n) is 11.4. The number of ether oxygens (including phenoxy) is 3. The fraction of sp³-hybridized carbons (Fsp3) is 0.919. The molecule has 12 heteroatoms. The van der Waals surface area contributed by atoms with Gasteiger partial charge in [-0.3, -0.25) is 14.4 Å². The highest BCUT2D eigenvalue weighted by atomic mass is 16.7. The van der Waals surface area contributed by atoms with Crippen LogP contribution in [0.4, 0.5) is 0 Å². The highest BCUT2D eigenvalue weighted by Gasteiger charge is 2.66. The van der Waals surface area contributed by atoms with Crippen molar-refractivity contribution in [2.75, 3.05) is 6.61 Å². The average molecular weight is 697 g/mol. The van der Waals surface area contributed by atoms with E-state index in [1.165, 1.54) is 6.92 Å². The number of carbonyl (C=O) groups is 3. The van der Waals surface area contributed by atoms with Crippen molar-refractivity contribution < 1.29 is 59.2 Å². The number of hydrogen-bond donors (Lipinski definition) is 6. The molecule has 0 aromatic rings. The van der Waals surface area contributed by atoms with E-state index < -0.39 is 83.9 Å². The summed E-state index contributed by atoms with van der Waals surface area (Å²) in [5, 5.41) is 63.4. The van der Waals surface area contributed by atoms with Gasteiger partial charge in [-0.25, -0.2) is 0 Å². The zero-order valence-corrected chi connectivity index (χ0v) is 30.2. The highest BCUT2D eigenvalue weighted by molar-refractivity contribution is 5.87. The van der Waals surface area contributed by atoms with Crippen molar-refractivity contribution in [3.63, 3.8) is 0 Å². The van der Waals surface area contributed by atoms with Crippen molar-refractivity contribution >= 4 is 17.5 Å². The number of aliphatic hydroxyl groups excluding tert-OH is 4. The number of ketones is 2. The summed E-state index contributed by atoms with van der Waals surface area (Å²) in [7, 11) is 0. The molecule has 0 aromatic heterocycles. The van der Waals surface area contributed by atoms with E-state index >= 15 is 0 Å². The minimum atomic E-state index is -1.54. The Hall–Kier alpha value is -1.51. The number of hydrogen-bond acceptors (Lipinski definition) is 12. The Morgan fingerprint density at radius 1 is 0.959 bits per heavy atom. The number of esters is 1. The molecule has 2 unspecified atom stereocenters. The molecule has 1 saturated heterocycles. The molecule has 5 fully saturated rings. The van der Waals surface area contributed by atoms with Crippen LogP contribution in [0.1, 0.15) is 106 Å². The third kappa shape index (κ3) is 7.02. The lowest BCUT2D eigenvalue weighted by atomic mass is 9.44. The van der Waals surface area contributed by atoms with Crippen LogP contribution >= 0.6 is 0 Å². The first kappa shape index (κ1) is 38.7. The predicted octanol–water partition coefficient (Wildman–Crippen LogP) is 2.06. The molecule has 5 aliphatic rings. The van der Waals surface area contributed by atoms with Crippen LogP contribution in [0.2, 0.25) is 0 Å². The van der Waals surface area contributed by atoms with Crippen LogP contribution in [-0.4, -0.2) is 109 Å². The maximum atomic E-state index is 14.0. The van der Waals surface area contributed by atoms with E-state index in [0.29, 0.717) is 38.5 Å². The Morgan fingerprint density at radius 3 is 2.22 bits per heavy atom. The van der Waals surface area contributed by atoms with E-state index in [2.05, 4.69) is 13.8 Å². The minimum Gasteiger partial charge on any atom is -0.462 e. The zero-order chi connectivity index (χ0) is 36.4. The van der Waals surface area contributed by atoms with Crippen LogP contribution < -0.4 is 0 Å². The normalized spacial score (nSPS) is 45.0. The van der Waals surface area contributed by atoms with E-state index in [0.717, 1.165) is 12.8 Å². The Balaban J connectivity index is 1.29. The number of rotatable bonds is 10. The fourth-order valence-corrected chi connectivity index (χ4v) is 11.4. The van der Waals surface area contributed by atoms with Gasteiger partial charge in [0.05, 0.1) is 29.8 Å². The molecule has 4 aliphatic carbocycles. The first-order valence-corrected chi connectivity index (χ1v) is 18.3. The van der Waals surface area contributed by atoms with E-state index in [-0.39, 0.29) is 47.1 Å². The molecule has 280 valence electrons.